The minimum absolute atomic E-state index is 0.0179. The fourth-order valence-corrected chi connectivity index (χ4v) is 5.50. The summed E-state index contributed by atoms with van der Waals surface area (Å²) in [5.74, 6) is -5.75. The molecule has 1 saturated carbocycles. The Balaban J connectivity index is 1.65. The van der Waals surface area contributed by atoms with E-state index in [1.54, 1.807) is 31.2 Å². The number of nitriles is 2. The highest BCUT2D eigenvalue weighted by Crippen LogP contribution is 2.39. The van der Waals surface area contributed by atoms with Gasteiger partial charge >= 0.3 is 0 Å². The molecule has 1 aliphatic heterocycles. The van der Waals surface area contributed by atoms with Crippen molar-refractivity contribution in [1.82, 2.24) is 10.3 Å². The van der Waals surface area contributed by atoms with E-state index in [2.05, 4.69) is 10.3 Å². The third-order valence-corrected chi connectivity index (χ3v) is 7.57. The van der Waals surface area contributed by atoms with Crippen molar-refractivity contribution in [2.75, 3.05) is 9.80 Å². The van der Waals surface area contributed by atoms with Crippen LogP contribution in [0.5, 0.6) is 0 Å². The van der Waals surface area contributed by atoms with Gasteiger partial charge in [-0.1, -0.05) is 24.3 Å². The van der Waals surface area contributed by atoms with Crippen LogP contribution < -0.4 is 15.1 Å². The maximum Gasteiger partial charge on any atom is 0.252 e. The molecule has 0 spiro atoms. The number of amides is 3. The van der Waals surface area contributed by atoms with Gasteiger partial charge in [-0.2, -0.15) is 10.5 Å². The second-order valence-electron chi connectivity index (χ2n) is 10.6. The fraction of sp³-hybridized carbons (Fsp3) is 0.290. The van der Waals surface area contributed by atoms with Gasteiger partial charge in [0, 0.05) is 37.2 Å². The quantitative estimate of drug-likeness (QED) is 0.435. The summed E-state index contributed by atoms with van der Waals surface area (Å²) in [5.41, 5.74) is 0.854. The minimum Gasteiger partial charge on any atom is -0.351 e. The van der Waals surface area contributed by atoms with Crippen LogP contribution in [0.1, 0.15) is 54.0 Å². The van der Waals surface area contributed by atoms with Crippen molar-refractivity contribution in [3.8, 4) is 12.1 Å². The van der Waals surface area contributed by atoms with Crippen LogP contribution in [0.2, 0.25) is 0 Å². The molecule has 2 heterocycles. The average Bonchev–Trinajstić information content (AvgIpc) is 3.35. The molecule has 1 aliphatic carbocycles. The summed E-state index contributed by atoms with van der Waals surface area (Å²) in [6, 6.07) is 12.9. The van der Waals surface area contributed by atoms with Crippen molar-refractivity contribution < 1.29 is 27.6 Å². The Kier molecular flexibility index (Phi) is 7.87. The number of anilines is 2. The van der Waals surface area contributed by atoms with Crippen LogP contribution >= 0.6 is 0 Å². The summed E-state index contributed by atoms with van der Waals surface area (Å²) in [6.07, 6.45) is 0.148. The van der Waals surface area contributed by atoms with Gasteiger partial charge < -0.3 is 5.32 Å². The molecule has 3 amide bonds. The van der Waals surface area contributed by atoms with Gasteiger partial charge in [-0.25, -0.2) is 18.2 Å². The lowest BCUT2D eigenvalue weighted by Gasteiger charge is -2.39. The van der Waals surface area contributed by atoms with Crippen molar-refractivity contribution in [3.05, 3.63) is 88.9 Å². The summed E-state index contributed by atoms with van der Waals surface area (Å²) in [5, 5.41) is 21.5. The lowest BCUT2D eigenvalue weighted by molar-refractivity contribution is -0.133. The molecule has 2 fully saturated rings. The van der Waals surface area contributed by atoms with Crippen molar-refractivity contribution in [2.45, 2.75) is 56.7 Å². The number of carbonyl (C=O) groups is 3. The number of halogens is 3. The molecule has 9 nitrogen and oxygen atoms in total. The number of nitrogens with zero attached hydrogens (tertiary/aromatic N) is 5. The van der Waals surface area contributed by atoms with Crippen LogP contribution in [0.25, 0.3) is 0 Å². The van der Waals surface area contributed by atoms with Crippen LogP contribution in [-0.4, -0.2) is 40.7 Å². The van der Waals surface area contributed by atoms with Gasteiger partial charge in [0.15, 0.2) is 0 Å². The SMILES string of the molecule is Cc1ccccc1[C@@H](C(=O)NC1CC(F)(F)C1)N(C(=O)[C@@H]1CCC(=O)N1c1cc(C#N)ccn1)c1cc(F)cc(C#N)c1. The number of benzene rings is 2. The van der Waals surface area contributed by atoms with Crippen LogP contribution in [0.4, 0.5) is 24.7 Å². The number of aryl methyl sites for hydroxylation is 1. The van der Waals surface area contributed by atoms with E-state index in [1.807, 2.05) is 12.1 Å². The van der Waals surface area contributed by atoms with Crippen molar-refractivity contribution in [3.63, 3.8) is 0 Å². The predicted molar refractivity (Wildman–Crippen MR) is 148 cm³/mol. The van der Waals surface area contributed by atoms with Crippen LogP contribution in [0.3, 0.4) is 0 Å². The predicted octanol–water partition coefficient (Wildman–Crippen LogP) is 4.46. The number of carbonyl (C=O) groups excluding carboxylic acids is 3. The van der Waals surface area contributed by atoms with E-state index < -0.39 is 60.4 Å². The van der Waals surface area contributed by atoms with E-state index in [1.165, 1.54) is 24.4 Å². The molecular formula is C31H25F3N6O3. The number of aromatic nitrogens is 1. The third kappa shape index (κ3) is 5.90. The lowest BCUT2D eigenvalue weighted by Crippen LogP contribution is -2.56. The molecule has 1 aromatic heterocycles. The molecule has 0 unspecified atom stereocenters. The molecule has 0 radical (unpaired) electrons. The van der Waals surface area contributed by atoms with Gasteiger partial charge in [0.2, 0.25) is 11.8 Å². The summed E-state index contributed by atoms with van der Waals surface area (Å²) < 4.78 is 42.1. The van der Waals surface area contributed by atoms with E-state index in [0.29, 0.717) is 11.1 Å². The number of alkyl halides is 2. The van der Waals surface area contributed by atoms with E-state index in [9.17, 15) is 38.1 Å². The molecular weight excluding hydrogens is 561 g/mol. The molecule has 218 valence electrons. The first kappa shape index (κ1) is 29.3. The van der Waals surface area contributed by atoms with Crippen LogP contribution in [0.15, 0.2) is 60.8 Å². The Morgan fingerprint density at radius 2 is 1.81 bits per heavy atom. The largest absolute Gasteiger partial charge is 0.351 e. The first-order chi connectivity index (χ1) is 20.5. The second kappa shape index (κ2) is 11.6. The normalized spacial score (nSPS) is 18.2. The molecule has 3 aromatic rings. The van der Waals surface area contributed by atoms with Gasteiger partial charge in [-0.05, 0) is 54.8 Å². The Morgan fingerprint density at radius 1 is 1.09 bits per heavy atom. The Bertz CT molecular complexity index is 1690. The third-order valence-electron chi connectivity index (χ3n) is 7.57. The molecule has 43 heavy (non-hydrogen) atoms. The number of nitrogens with one attached hydrogen (secondary N) is 1. The van der Waals surface area contributed by atoms with Gasteiger partial charge in [0.05, 0.1) is 23.3 Å². The summed E-state index contributed by atoms with van der Waals surface area (Å²) in [7, 11) is 0. The van der Waals surface area contributed by atoms with Gasteiger partial charge in [0.1, 0.15) is 23.7 Å². The molecule has 0 bridgehead atoms. The van der Waals surface area contributed by atoms with Crippen LogP contribution in [0, 0.1) is 35.4 Å². The summed E-state index contributed by atoms with van der Waals surface area (Å²) in [6.45, 7) is 1.70. The molecule has 1 saturated heterocycles. The van der Waals surface area contributed by atoms with Gasteiger partial charge in [-0.15, -0.1) is 0 Å². The summed E-state index contributed by atoms with van der Waals surface area (Å²) >= 11 is 0. The average molecular weight is 587 g/mol. The molecule has 5 rings (SSSR count). The standard InChI is InChI=1S/C31H25F3N6O3/c1-18-4-2-3-5-24(18)28(29(42)38-22-14-31(33,34)15-22)39(23-11-20(17-36)10-21(32)13-23)30(43)25-6-7-27(41)40(25)26-12-19(16-35)8-9-37-26/h2-5,8-13,22,25,28H,6-7,14-15H2,1H3,(H,38,42)/t25-,28-/m0/s1. The highest BCUT2D eigenvalue weighted by Gasteiger charge is 2.48. The maximum absolute atomic E-state index is 14.8. The number of hydrogen-bond donors (Lipinski definition) is 1. The van der Waals surface area contributed by atoms with E-state index in [-0.39, 0.29) is 35.5 Å². The summed E-state index contributed by atoms with van der Waals surface area (Å²) in [4.78, 5) is 47.9. The lowest BCUT2D eigenvalue weighted by atomic mass is 9.87. The molecule has 2 aromatic carbocycles. The fourth-order valence-electron chi connectivity index (χ4n) is 5.50. The zero-order valence-electron chi connectivity index (χ0n) is 22.9. The topological polar surface area (TPSA) is 130 Å². The van der Waals surface area contributed by atoms with E-state index >= 15 is 0 Å². The second-order valence-corrected chi connectivity index (χ2v) is 10.6. The minimum atomic E-state index is -2.93. The van der Waals surface area contributed by atoms with Gasteiger partial charge in [-0.3, -0.25) is 24.2 Å². The smallest absolute Gasteiger partial charge is 0.252 e. The Morgan fingerprint density at radius 3 is 2.49 bits per heavy atom. The number of pyridine rings is 1. The van der Waals surface area contributed by atoms with Crippen molar-refractivity contribution in [2.24, 2.45) is 0 Å². The van der Waals surface area contributed by atoms with E-state index in [4.69, 9.17) is 0 Å². The Hall–Kier alpha value is -5.23. The molecule has 2 atom stereocenters. The van der Waals surface area contributed by atoms with Crippen LogP contribution in [-0.2, 0) is 14.4 Å². The van der Waals surface area contributed by atoms with Crippen molar-refractivity contribution >= 4 is 29.2 Å². The first-order valence-corrected chi connectivity index (χ1v) is 13.5. The maximum atomic E-state index is 14.8. The monoisotopic (exact) mass is 586 g/mol. The van der Waals surface area contributed by atoms with E-state index in [0.717, 1.165) is 21.9 Å². The number of rotatable bonds is 7. The van der Waals surface area contributed by atoms with Crippen molar-refractivity contribution in [1.29, 1.82) is 10.5 Å². The van der Waals surface area contributed by atoms with Gasteiger partial charge in [0.25, 0.3) is 11.8 Å². The first-order valence-electron chi connectivity index (χ1n) is 13.5. The highest BCUT2D eigenvalue weighted by molar-refractivity contribution is 6.10. The number of hydrogen-bond acceptors (Lipinski definition) is 6. The zero-order valence-corrected chi connectivity index (χ0v) is 22.9. The highest BCUT2D eigenvalue weighted by atomic mass is 19.3. The Labute approximate surface area is 245 Å². The molecule has 12 heteroatoms. The molecule has 2 aliphatic rings. The molecule has 1 N–H and O–H groups in total. The zero-order chi connectivity index (χ0) is 30.9.